The summed E-state index contributed by atoms with van der Waals surface area (Å²) in [5, 5.41) is 0. The molecule has 111 valence electrons. The van der Waals surface area contributed by atoms with E-state index in [2.05, 4.69) is 9.97 Å². The van der Waals surface area contributed by atoms with Gasteiger partial charge in [-0.05, 0) is 24.3 Å². The number of halogens is 2. The highest BCUT2D eigenvalue weighted by molar-refractivity contribution is 5.75. The number of para-hydroxylation sites is 4. The molecule has 0 aliphatic carbocycles. The van der Waals surface area contributed by atoms with E-state index in [1.807, 2.05) is 48.5 Å². The standard InChI is InChI=1S/C15H10N2O2.B.2FH/c1-3-7-12-10(5-1)16-14(18-12)9-15-17-11-6-2-4-8-13(11)19-15;;;/h1-8H,9H2;;2*1H. The van der Waals surface area contributed by atoms with Crippen LogP contribution in [0.15, 0.2) is 57.4 Å². The van der Waals surface area contributed by atoms with Crippen molar-refractivity contribution in [1.82, 2.24) is 9.97 Å². The topological polar surface area (TPSA) is 52.1 Å². The molecule has 0 N–H and O–H groups in total. The van der Waals surface area contributed by atoms with E-state index in [-0.39, 0.29) is 17.8 Å². The molecule has 4 rings (SSSR count). The molecule has 4 nitrogen and oxygen atoms in total. The first-order valence-electron chi connectivity index (χ1n) is 6.07. The van der Waals surface area contributed by atoms with Crippen molar-refractivity contribution in [3.63, 3.8) is 0 Å². The zero-order chi connectivity index (χ0) is 12.7. The molecule has 7 heteroatoms. The van der Waals surface area contributed by atoms with Gasteiger partial charge in [0.1, 0.15) is 17.5 Å². The van der Waals surface area contributed by atoms with Crippen LogP contribution in [0.3, 0.4) is 0 Å². The lowest BCUT2D eigenvalue weighted by atomic mass is 10.3. The van der Waals surface area contributed by atoms with E-state index in [0.717, 1.165) is 22.2 Å². The third-order valence-corrected chi connectivity index (χ3v) is 2.98. The predicted octanol–water partition coefficient (Wildman–Crippen LogP) is 3.48. The van der Waals surface area contributed by atoms with Gasteiger partial charge in [-0.1, -0.05) is 24.3 Å². The van der Waals surface area contributed by atoms with Gasteiger partial charge in [0.05, 0.1) is 0 Å². The highest BCUT2D eigenvalue weighted by Crippen LogP contribution is 2.20. The van der Waals surface area contributed by atoms with Crippen molar-refractivity contribution in [2.24, 2.45) is 0 Å². The van der Waals surface area contributed by atoms with Crippen molar-refractivity contribution in [2.45, 2.75) is 6.42 Å². The lowest BCUT2D eigenvalue weighted by Gasteiger charge is -1.87. The fourth-order valence-corrected chi connectivity index (χ4v) is 2.12. The Bertz CT molecular complexity index is 738. The summed E-state index contributed by atoms with van der Waals surface area (Å²) < 4.78 is 11.3. The van der Waals surface area contributed by atoms with Gasteiger partial charge >= 0.3 is 0 Å². The quantitative estimate of drug-likeness (QED) is 0.532. The maximum atomic E-state index is 5.66. The summed E-state index contributed by atoms with van der Waals surface area (Å²) in [5.74, 6) is 1.24. The summed E-state index contributed by atoms with van der Waals surface area (Å²) in [7, 11) is 0. The highest BCUT2D eigenvalue weighted by Gasteiger charge is 2.11. The van der Waals surface area contributed by atoms with Crippen molar-refractivity contribution in [2.75, 3.05) is 0 Å². The molecule has 0 fully saturated rings. The van der Waals surface area contributed by atoms with E-state index in [1.54, 1.807) is 0 Å². The largest absolute Gasteiger partial charge is 0.440 e. The lowest BCUT2D eigenvalue weighted by molar-refractivity contribution is 0.488. The molecule has 0 amide bonds. The van der Waals surface area contributed by atoms with E-state index < -0.39 is 0 Å². The van der Waals surface area contributed by atoms with Crippen LogP contribution >= 0.6 is 0 Å². The van der Waals surface area contributed by atoms with E-state index in [0.29, 0.717) is 18.2 Å². The zero-order valence-electron chi connectivity index (χ0n) is 11.4. The summed E-state index contributed by atoms with van der Waals surface area (Å²) in [5.41, 5.74) is 3.28. The van der Waals surface area contributed by atoms with Gasteiger partial charge in [0.15, 0.2) is 11.2 Å². The van der Waals surface area contributed by atoms with Gasteiger partial charge < -0.3 is 8.83 Å². The Labute approximate surface area is 126 Å². The Morgan fingerprint density at radius 1 is 0.682 bits per heavy atom. The molecule has 0 aliphatic heterocycles. The third kappa shape index (κ3) is 2.98. The second-order valence-corrected chi connectivity index (χ2v) is 4.33. The normalized spacial score (nSPS) is 9.82. The monoisotopic (exact) mass is 301 g/mol. The Hall–Kier alpha value is -2.70. The molecular weight excluding hydrogens is 289 g/mol. The molecule has 0 saturated carbocycles. The Balaban J connectivity index is 0.000000807. The van der Waals surface area contributed by atoms with Crippen LogP contribution in [0.1, 0.15) is 11.8 Å². The smallest absolute Gasteiger partial charge is 0.204 e. The molecular formula is C15H12BF2N2O2. The summed E-state index contributed by atoms with van der Waals surface area (Å²) in [6.07, 6.45) is 0.462. The number of fused-ring (bicyclic) bond motifs is 2. The summed E-state index contributed by atoms with van der Waals surface area (Å²) >= 11 is 0. The van der Waals surface area contributed by atoms with E-state index in [1.165, 1.54) is 0 Å². The molecule has 2 aromatic heterocycles. The van der Waals surface area contributed by atoms with Crippen LogP contribution in [0.4, 0.5) is 9.41 Å². The van der Waals surface area contributed by atoms with E-state index >= 15 is 0 Å². The third-order valence-electron chi connectivity index (χ3n) is 2.98. The molecule has 0 aliphatic rings. The van der Waals surface area contributed by atoms with Gasteiger partial charge in [0.25, 0.3) is 0 Å². The van der Waals surface area contributed by atoms with Gasteiger partial charge in [-0.15, -0.1) is 0 Å². The number of hydrogen-bond donors (Lipinski definition) is 0. The molecule has 3 radical (unpaired) electrons. The van der Waals surface area contributed by atoms with Crippen LogP contribution in [0, 0.1) is 0 Å². The molecule has 4 aromatic rings. The molecule has 0 unspecified atom stereocenters. The number of rotatable bonds is 2. The predicted molar refractivity (Wildman–Crippen MR) is 81.6 cm³/mol. The minimum atomic E-state index is 0. The fraction of sp³-hybridized carbons (Fsp3) is 0.0667. The van der Waals surface area contributed by atoms with Crippen LogP contribution in [0.2, 0.25) is 0 Å². The molecule has 22 heavy (non-hydrogen) atoms. The second kappa shape index (κ2) is 6.84. The first-order chi connectivity index (χ1) is 9.38. The van der Waals surface area contributed by atoms with Crippen molar-refractivity contribution >= 4 is 30.6 Å². The van der Waals surface area contributed by atoms with Crippen molar-refractivity contribution in [3.05, 3.63) is 60.3 Å². The highest BCUT2D eigenvalue weighted by atomic mass is 19.0. The Morgan fingerprint density at radius 3 is 1.50 bits per heavy atom. The van der Waals surface area contributed by atoms with Crippen LogP contribution < -0.4 is 0 Å². The first-order valence-corrected chi connectivity index (χ1v) is 6.07. The van der Waals surface area contributed by atoms with Crippen LogP contribution in [0.25, 0.3) is 22.2 Å². The maximum Gasteiger partial charge on any atom is 0.204 e. The molecule has 0 spiro atoms. The summed E-state index contributed by atoms with van der Waals surface area (Å²) in [6.45, 7) is 0. The lowest BCUT2D eigenvalue weighted by Crippen LogP contribution is -1.87. The SMILES string of the molecule is F.F.[B].c1ccc2oc(Cc3nc4ccccc4o3)nc2c1. The van der Waals surface area contributed by atoms with Crippen LogP contribution in [0.5, 0.6) is 0 Å². The fourth-order valence-electron chi connectivity index (χ4n) is 2.12. The number of nitrogens with zero attached hydrogens (tertiary/aromatic N) is 2. The molecule has 0 bridgehead atoms. The van der Waals surface area contributed by atoms with Gasteiger partial charge in [0, 0.05) is 8.41 Å². The van der Waals surface area contributed by atoms with E-state index in [4.69, 9.17) is 8.83 Å². The minimum Gasteiger partial charge on any atom is -0.440 e. The Kier molecular flexibility index (Phi) is 5.40. The van der Waals surface area contributed by atoms with E-state index in [9.17, 15) is 0 Å². The van der Waals surface area contributed by atoms with Gasteiger partial charge in [-0.3, -0.25) is 9.41 Å². The molecule has 0 atom stereocenters. The van der Waals surface area contributed by atoms with Crippen molar-refractivity contribution < 1.29 is 18.2 Å². The van der Waals surface area contributed by atoms with Gasteiger partial charge in [-0.25, -0.2) is 9.97 Å². The van der Waals surface area contributed by atoms with Crippen LogP contribution in [-0.2, 0) is 6.42 Å². The average Bonchev–Trinajstić information content (AvgIpc) is 3.00. The average molecular weight is 301 g/mol. The van der Waals surface area contributed by atoms with Crippen LogP contribution in [-0.4, -0.2) is 18.4 Å². The maximum absolute atomic E-state index is 5.66. The van der Waals surface area contributed by atoms with Gasteiger partial charge in [-0.2, -0.15) is 0 Å². The number of aromatic nitrogens is 2. The minimum absolute atomic E-state index is 0. The zero-order valence-corrected chi connectivity index (χ0v) is 11.4. The first kappa shape index (κ1) is 17.4. The molecule has 2 heterocycles. The summed E-state index contributed by atoms with van der Waals surface area (Å²) in [6, 6.07) is 15.4. The number of oxazole rings is 2. The second-order valence-electron chi connectivity index (χ2n) is 4.33. The molecule has 0 saturated heterocycles. The summed E-state index contributed by atoms with van der Waals surface area (Å²) in [4.78, 5) is 8.82. The van der Waals surface area contributed by atoms with Crippen molar-refractivity contribution in [1.29, 1.82) is 0 Å². The van der Waals surface area contributed by atoms with Gasteiger partial charge in [0.2, 0.25) is 11.8 Å². The molecule has 2 aromatic carbocycles. The number of hydrogen-bond acceptors (Lipinski definition) is 4. The Morgan fingerprint density at radius 2 is 1.09 bits per heavy atom. The number of benzene rings is 2. The van der Waals surface area contributed by atoms with Crippen molar-refractivity contribution in [3.8, 4) is 0 Å².